The van der Waals surface area contributed by atoms with Crippen LogP contribution in [-0.4, -0.2) is 56.8 Å². The van der Waals surface area contributed by atoms with E-state index in [1.807, 2.05) is 5.32 Å². The van der Waals surface area contributed by atoms with Crippen LogP contribution in [0.25, 0.3) is 0 Å². The van der Waals surface area contributed by atoms with Crippen LogP contribution in [0.3, 0.4) is 0 Å². The van der Waals surface area contributed by atoms with Gasteiger partial charge in [0.05, 0.1) is 19.9 Å². The predicted molar refractivity (Wildman–Crippen MR) is 86.9 cm³/mol. The zero-order valence-electron chi connectivity index (χ0n) is 15.3. The lowest BCUT2D eigenvalue weighted by atomic mass is 10.2. The van der Waals surface area contributed by atoms with Crippen molar-refractivity contribution in [1.29, 1.82) is 0 Å². The molecule has 0 aliphatic carbocycles. The van der Waals surface area contributed by atoms with E-state index in [1.54, 1.807) is 0 Å². The number of aliphatic hydroxyl groups is 1. The van der Waals surface area contributed by atoms with Crippen LogP contribution in [0.15, 0.2) is 29.7 Å². The van der Waals surface area contributed by atoms with Crippen molar-refractivity contribution in [2.75, 3.05) is 32.8 Å². The molecule has 1 aromatic carbocycles. The standard InChI is InChI=1S/C16H15F6NO7/c1-27-8-3-4-9(10(5-8)28-2)23-12(24)11(13(25)29-6-15(17,18)19)14(26)30-7-16(20,21)22/h3-5,25H,6-7H2,1-2H3,(H,23,24)/b13-11-. The molecule has 0 aliphatic heterocycles. The number of anilines is 1. The van der Waals surface area contributed by atoms with E-state index in [0.717, 1.165) is 0 Å². The minimum Gasteiger partial charge on any atom is -0.497 e. The number of esters is 1. The van der Waals surface area contributed by atoms with E-state index in [1.165, 1.54) is 32.4 Å². The van der Waals surface area contributed by atoms with E-state index in [4.69, 9.17) is 9.47 Å². The fourth-order valence-electron chi connectivity index (χ4n) is 1.81. The number of carbonyl (C=O) groups is 2. The van der Waals surface area contributed by atoms with Crippen LogP contribution in [0.2, 0.25) is 0 Å². The van der Waals surface area contributed by atoms with Gasteiger partial charge in [0.15, 0.2) is 13.2 Å². The molecule has 0 aromatic heterocycles. The Labute approximate surface area is 165 Å². The SMILES string of the molecule is COc1ccc(NC(=O)/C(C(=O)OCC(F)(F)F)=C(\O)OCC(F)(F)F)c(OC)c1. The lowest BCUT2D eigenvalue weighted by molar-refractivity contribution is -0.185. The van der Waals surface area contributed by atoms with E-state index in [9.17, 15) is 41.0 Å². The first-order valence-corrected chi connectivity index (χ1v) is 7.67. The van der Waals surface area contributed by atoms with Gasteiger partial charge in [0.1, 0.15) is 11.5 Å². The van der Waals surface area contributed by atoms with Crippen LogP contribution in [0.5, 0.6) is 11.5 Å². The smallest absolute Gasteiger partial charge is 0.422 e. The lowest BCUT2D eigenvalue weighted by Crippen LogP contribution is -2.29. The molecule has 0 saturated heterocycles. The maximum atomic E-state index is 12.3. The van der Waals surface area contributed by atoms with Gasteiger partial charge in [0, 0.05) is 6.07 Å². The molecular formula is C16H15F6NO7. The Morgan fingerprint density at radius 1 is 0.967 bits per heavy atom. The average Bonchev–Trinajstić information content (AvgIpc) is 2.64. The summed E-state index contributed by atoms with van der Waals surface area (Å²) in [6.07, 6.45) is -9.98. The van der Waals surface area contributed by atoms with Crippen molar-refractivity contribution in [2.24, 2.45) is 0 Å². The first-order chi connectivity index (χ1) is 13.8. The van der Waals surface area contributed by atoms with Gasteiger partial charge in [-0.2, -0.15) is 26.3 Å². The molecule has 30 heavy (non-hydrogen) atoms. The molecule has 0 spiro atoms. The van der Waals surface area contributed by atoms with Crippen LogP contribution < -0.4 is 14.8 Å². The molecule has 8 nitrogen and oxygen atoms in total. The van der Waals surface area contributed by atoms with Crippen molar-refractivity contribution in [3.63, 3.8) is 0 Å². The number of halogens is 6. The Kier molecular flexibility index (Phi) is 8.19. The second-order valence-electron chi connectivity index (χ2n) is 5.30. The molecule has 2 N–H and O–H groups in total. The van der Waals surface area contributed by atoms with Gasteiger partial charge in [-0.05, 0) is 12.1 Å². The largest absolute Gasteiger partial charge is 0.497 e. The highest BCUT2D eigenvalue weighted by Crippen LogP contribution is 2.30. The van der Waals surface area contributed by atoms with E-state index in [0.29, 0.717) is 0 Å². The molecule has 1 aromatic rings. The molecule has 1 rings (SSSR count). The summed E-state index contributed by atoms with van der Waals surface area (Å²) in [7, 11) is 2.50. The molecule has 0 bridgehead atoms. The third-order valence-corrected chi connectivity index (χ3v) is 3.04. The van der Waals surface area contributed by atoms with Gasteiger partial charge < -0.3 is 29.4 Å². The summed E-state index contributed by atoms with van der Waals surface area (Å²) in [5.41, 5.74) is -1.78. The number of ether oxygens (including phenoxy) is 4. The van der Waals surface area contributed by atoms with Crippen LogP contribution in [0, 0.1) is 0 Å². The number of hydrogen-bond acceptors (Lipinski definition) is 7. The summed E-state index contributed by atoms with van der Waals surface area (Å²) in [5.74, 6) is -5.34. The van der Waals surface area contributed by atoms with E-state index in [-0.39, 0.29) is 17.2 Å². The molecule has 0 fully saturated rings. The molecule has 0 aliphatic rings. The maximum Gasteiger partial charge on any atom is 0.422 e. The predicted octanol–water partition coefficient (Wildman–Crippen LogP) is 3.10. The number of carbonyl (C=O) groups excluding carboxylic acids is 2. The van der Waals surface area contributed by atoms with E-state index >= 15 is 0 Å². The van der Waals surface area contributed by atoms with Gasteiger partial charge in [-0.15, -0.1) is 0 Å². The topological polar surface area (TPSA) is 103 Å². The van der Waals surface area contributed by atoms with Crippen molar-refractivity contribution in [3.05, 3.63) is 29.7 Å². The first-order valence-electron chi connectivity index (χ1n) is 7.67. The fraction of sp³-hybridized carbons (Fsp3) is 0.375. The number of amides is 1. The molecule has 0 heterocycles. The summed E-state index contributed by atoms with van der Waals surface area (Å²) in [4.78, 5) is 24.1. The summed E-state index contributed by atoms with van der Waals surface area (Å²) >= 11 is 0. The third kappa shape index (κ3) is 7.97. The second kappa shape index (κ2) is 9.93. The monoisotopic (exact) mass is 447 g/mol. The zero-order chi connectivity index (χ0) is 23.1. The normalized spacial score (nSPS) is 12.5. The van der Waals surface area contributed by atoms with Crippen molar-refractivity contribution in [1.82, 2.24) is 0 Å². The molecule has 0 atom stereocenters. The molecular weight excluding hydrogens is 432 g/mol. The zero-order valence-corrected chi connectivity index (χ0v) is 15.3. The number of hydrogen-bond donors (Lipinski definition) is 2. The Bertz CT molecular complexity index is 804. The number of rotatable bonds is 8. The van der Waals surface area contributed by atoms with Crippen LogP contribution in [-0.2, 0) is 19.1 Å². The number of alkyl halides is 6. The minimum absolute atomic E-state index is 0.0404. The molecule has 168 valence electrons. The van der Waals surface area contributed by atoms with Crippen LogP contribution in [0.1, 0.15) is 0 Å². The van der Waals surface area contributed by atoms with Gasteiger partial charge >= 0.3 is 18.3 Å². The Morgan fingerprint density at radius 3 is 2.03 bits per heavy atom. The van der Waals surface area contributed by atoms with Gasteiger partial charge in [0.2, 0.25) is 5.57 Å². The van der Waals surface area contributed by atoms with Crippen molar-refractivity contribution < 1.29 is 60.0 Å². The maximum absolute atomic E-state index is 12.3. The average molecular weight is 447 g/mol. The van der Waals surface area contributed by atoms with Crippen molar-refractivity contribution in [2.45, 2.75) is 12.4 Å². The van der Waals surface area contributed by atoms with E-state index < -0.39 is 49.0 Å². The number of benzene rings is 1. The van der Waals surface area contributed by atoms with Gasteiger partial charge in [-0.1, -0.05) is 0 Å². The molecule has 0 radical (unpaired) electrons. The Hall–Kier alpha value is -3.32. The third-order valence-electron chi connectivity index (χ3n) is 3.04. The number of methoxy groups -OCH3 is 2. The van der Waals surface area contributed by atoms with Gasteiger partial charge in [0.25, 0.3) is 11.9 Å². The Balaban J connectivity index is 3.20. The van der Waals surface area contributed by atoms with Gasteiger partial charge in [-0.3, -0.25) is 4.79 Å². The molecule has 14 heteroatoms. The van der Waals surface area contributed by atoms with Crippen molar-refractivity contribution in [3.8, 4) is 11.5 Å². The Morgan fingerprint density at radius 2 is 1.53 bits per heavy atom. The summed E-state index contributed by atoms with van der Waals surface area (Å²) in [6.45, 7) is -4.30. The minimum atomic E-state index is -5.00. The second-order valence-corrected chi connectivity index (χ2v) is 5.30. The number of nitrogens with one attached hydrogen (secondary N) is 1. The number of aliphatic hydroxyl groups excluding tert-OH is 1. The first kappa shape index (κ1) is 24.7. The molecule has 1 amide bonds. The highest BCUT2D eigenvalue weighted by atomic mass is 19.4. The van der Waals surface area contributed by atoms with Crippen LogP contribution >= 0.6 is 0 Å². The summed E-state index contributed by atoms with van der Waals surface area (Å²) in [5, 5.41) is 11.6. The highest BCUT2D eigenvalue weighted by molar-refractivity contribution is 6.21. The lowest BCUT2D eigenvalue weighted by Gasteiger charge is -2.15. The fourth-order valence-corrected chi connectivity index (χ4v) is 1.81. The van der Waals surface area contributed by atoms with E-state index in [2.05, 4.69) is 9.47 Å². The highest BCUT2D eigenvalue weighted by Gasteiger charge is 2.35. The summed E-state index contributed by atoms with van der Waals surface area (Å²) in [6, 6.07) is 3.80. The van der Waals surface area contributed by atoms with Crippen LogP contribution in [0.4, 0.5) is 32.0 Å². The van der Waals surface area contributed by atoms with Gasteiger partial charge in [-0.25, -0.2) is 4.79 Å². The summed E-state index contributed by atoms with van der Waals surface area (Å²) < 4.78 is 91.0. The quantitative estimate of drug-likeness (QED) is 0.158. The van der Waals surface area contributed by atoms with Crippen molar-refractivity contribution >= 4 is 17.6 Å². The molecule has 0 saturated carbocycles. The molecule has 0 unspecified atom stereocenters.